The highest BCUT2D eigenvalue weighted by molar-refractivity contribution is 7.09. The van der Waals surface area contributed by atoms with Gasteiger partial charge in [-0.2, -0.15) is 13.2 Å². The Morgan fingerprint density at radius 2 is 2.10 bits per heavy atom. The van der Waals surface area contributed by atoms with Crippen LogP contribution in [-0.2, 0) is 20.9 Å². The third-order valence-corrected chi connectivity index (χ3v) is 6.94. The van der Waals surface area contributed by atoms with Crippen LogP contribution in [0.15, 0.2) is 5.51 Å². The van der Waals surface area contributed by atoms with Crippen molar-refractivity contribution >= 4 is 23.2 Å². The number of carboxylic acid groups (broad SMARTS) is 1. The third-order valence-electron chi connectivity index (χ3n) is 6.02. The summed E-state index contributed by atoms with van der Waals surface area (Å²) in [5.74, 6) is -2.44. The van der Waals surface area contributed by atoms with Crippen molar-refractivity contribution in [3.8, 4) is 0 Å². The zero-order valence-electron chi connectivity index (χ0n) is 17.5. The predicted octanol–water partition coefficient (Wildman–Crippen LogP) is 3.22. The molecule has 3 aliphatic heterocycles. The number of hydrogen-bond donors (Lipinski definition) is 1. The molecule has 1 aromatic heterocycles. The lowest BCUT2D eigenvalue weighted by molar-refractivity contribution is -0.192. The Morgan fingerprint density at radius 3 is 2.68 bits per heavy atom. The van der Waals surface area contributed by atoms with Crippen LogP contribution in [0.2, 0.25) is 0 Å². The fourth-order valence-corrected chi connectivity index (χ4v) is 5.26. The lowest BCUT2D eigenvalue weighted by Gasteiger charge is -2.40. The lowest BCUT2D eigenvalue weighted by atomic mass is 9.90. The molecule has 174 valence electrons. The van der Waals surface area contributed by atoms with Crippen molar-refractivity contribution < 1.29 is 32.6 Å². The number of nitrogens with zero attached hydrogens (tertiary/aromatic N) is 3. The predicted molar refractivity (Wildman–Crippen MR) is 108 cm³/mol. The quantitative estimate of drug-likeness (QED) is 0.738. The summed E-state index contributed by atoms with van der Waals surface area (Å²) in [4.78, 5) is 31.0. The molecule has 0 unspecified atom stereocenters. The van der Waals surface area contributed by atoms with Crippen LogP contribution >= 0.6 is 11.3 Å². The average molecular weight is 464 g/mol. The van der Waals surface area contributed by atoms with Gasteiger partial charge < -0.3 is 14.7 Å². The molecule has 11 heteroatoms. The number of likely N-dealkylation sites (tertiary alicyclic amines) is 2. The summed E-state index contributed by atoms with van der Waals surface area (Å²) in [5.41, 5.74) is 3.12. The van der Waals surface area contributed by atoms with Crippen LogP contribution in [0.25, 0.3) is 0 Å². The van der Waals surface area contributed by atoms with Gasteiger partial charge in [0.05, 0.1) is 22.9 Å². The number of carboxylic acids is 1. The SMILES string of the molecule is Cc1ncsc1CN1CC[C@]2(CCC[C@@H](CN3CCCC3=O)O2)C1.O=C(O)C(F)(F)F. The highest BCUT2D eigenvalue weighted by Crippen LogP contribution is 2.38. The molecule has 1 amide bonds. The number of halogens is 3. The van der Waals surface area contributed by atoms with Crippen LogP contribution in [0.4, 0.5) is 13.2 Å². The number of hydrogen-bond acceptors (Lipinski definition) is 6. The first-order valence-electron chi connectivity index (χ1n) is 10.4. The molecule has 1 aromatic rings. The van der Waals surface area contributed by atoms with Gasteiger partial charge in [-0.15, -0.1) is 11.3 Å². The van der Waals surface area contributed by atoms with Gasteiger partial charge in [-0.3, -0.25) is 9.69 Å². The molecule has 3 aliphatic rings. The van der Waals surface area contributed by atoms with E-state index in [2.05, 4.69) is 16.8 Å². The van der Waals surface area contributed by atoms with Crippen LogP contribution < -0.4 is 0 Å². The van der Waals surface area contributed by atoms with E-state index in [9.17, 15) is 18.0 Å². The van der Waals surface area contributed by atoms with E-state index in [-0.39, 0.29) is 11.7 Å². The van der Waals surface area contributed by atoms with Crippen LogP contribution in [0, 0.1) is 6.92 Å². The van der Waals surface area contributed by atoms with Gasteiger partial charge in [0.1, 0.15) is 0 Å². The number of aryl methyl sites for hydroxylation is 1. The Hall–Kier alpha value is -1.72. The highest BCUT2D eigenvalue weighted by Gasteiger charge is 2.43. The Morgan fingerprint density at radius 1 is 1.35 bits per heavy atom. The number of carbonyl (C=O) groups excluding carboxylic acids is 1. The van der Waals surface area contributed by atoms with Gasteiger partial charge in [0.15, 0.2) is 0 Å². The van der Waals surface area contributed by atoms with E-state index in [4.69, 9.17) is 14.6 Å². The summed E-state index contributed by atoms with van der Waals surface area (Å²) in [6.45, 7) is 6.94. The largest absolute Gasteiger partial charge is 0.490 e. The van der Waals surface area contributed by atoms with Crippen molar-refractivity contribution in [1.82, 2.24) is 14.8 Å². The number of ether oxygens (including phenoxy) is 1. The number of thiazole rings is 1. The third kappa shape index (κ3) is 6.39. The van der Waals surface area contributed by atoms with Crippen LogP contribution in [0.3, 0.4) is 0 Å². The number of alkyl halides is 3. The van der Waals surface area contributed by atoms with E-state index in [1.807, 2.05) is 10.4 Å². The number of carbonyl (C=O) groups is 2. The normalized spacial score (nSPS) is 26.9. The standard InChI is InChI=1S/C18H27N3O2S.C2HF3O2/c1-14-16(24-13-19-14)11-20-9-7-18(12-20)6-2-4-15(23-18)10-21-8-3-5-17(21)22;3-2(4,5)1(6)7/h13,15H,2-12H2,1H3;(H,6,7)/t15-,18+;/m0./s1. The maximum absolute atomic E-state index is 11.9. The van der Waals surface area contributed by atoms with E-state index in [0.29, 0.717) is 5.91 Å². The van der Waals surface area contributed by atoms with E-state index < -0.39 is 12.1 Å². The van der Waals surface area contributed by atoms with Crippen molar-refractivity contribution in [3.63, 3.8) is 0 Å². The van der Waals surface area contributed by atoms with E-state index >= 15 is 0 Å². The summed E-state index contributed by atoms with van der Waals surface area (Å²) in [5, 5.41) is 7.12. The number of aliphatic carboxylic acids is 1. The average Bonchev–Trinajstić information content (AvgIpc) is 3.38. The molecule has 4 heterocycles. The maximum atomic E-state index is 11.9. The molecule has 2 atom stereocenters. The second-order valence-corrected chi connectivity index (χ2v) is 9.32. The molecule has 7 nitrogen and oxygen atoms in total. The molecule has 1 spiro atoms. The van der Waals surface area contributed by atoms with Gasteiger partial charge in [-0.05, 0) is 39.0 Å². The molecule has 0 aromatic carbocycles. The fourth-order valence-electron chi connectivity index (χ4n) is 4.44. The molecule has 1 N–H and O–H groups in total. The van der Waals surface area contributed by atoms with Crippen molar-refractivity contribution in [2.45, 2.75) is 69.9 Å². The molecule has 0 aliphatic carbocycles. The van der Waals surface area contributed by atoms with Gasteiger partial charge in [-0.25, -0.2) is 9.78 Å². The molecule has 0 saturated carbocycles. The summed E-state index contributed by atoms with van der Waals surface area (Å²) < 4.78 is 38.3. The second-order valence-electron chi connectivity index (χ2n) is 8.38. The summed E-state index contributed by atoms with van der Waals surface area (Å²) in [6, 6.07) is 0. The fraction of sp³-hybridized carbons (Fsp3) is 0.750. The lowest BCUT2D eigenvalue weighted by Crippen LogP contribution is -2.47. The minimum Gasteiger partial charge on any atom is -0.475 e. The molecular weight excluding hydrogens is 435 g/mol. The second kappa shape index (κ2) is 9.83. The summed E-state index contributed by atoms with van der Waals surface area (Å²) in [7, 11) is 0. The van der Waals surface area contributed by atoms with Crippen molar-refractivity contribution in [2.75, 3.05) is 26.2 Å². The smallest absolute Gasteiger partial charge is 0.475 e. The molecule has 31 heavy (non-hydrogen) atoms. The van der Waals surface area contributed by atoms with Gasteiger partial charge in [-0.1, -0.05) is 0 Å². The van der Waals surface area contributed by atoms with Crippen LogP contribution in [0.5, 0.6) is 0 Å². The molecule has 3 saturated heterocycles. The molecule has 3 fully saturated rings. The Kier molecular flexibility index (Phi) is 7.59. The molecular formula is C20H28F3N3O4S. The zero-order chi connectivity index (χ0) is 22.6. The van der Waals surface area contributed by atoms with Gasteiger partial charge >= 0.3 is 12.1 Å². The Labute approximate surface area is 183 Å². The molecule has 0 radical (unpaired) electrons. The topological polar surface area (TPSA) is 83.0 Å². The number of aromatic nitrogens is 1. The van der Waals surface area contributed by atoms with E-state index in [1.165, 1.54) is 11.3 Å². The summed E-state index contributed by atoms with van der Waals surface area (Å²) >= 11 is 1.76. The van der Waals surface area contributed by atoms with Crippen molar-refractivity contribution in [2.24, 2.45) is 0 Å². The van der Waals surface area contributed by atoms with E-state index in [0.717, 1.165) is 70.5 Å². The first-order chi connectivity index (χ1) is 14.6. The Balaban J connectivity index is 0.000000339. The molecule has 0 bridgehead atoms. The minimum absolute atomic E-state index is 0.0181. The van der Waals surface area contributed by atoms with Gasteiger partial charge in [0, 0.05) is 44.0 Å². The van der Waals surface area contributed by atoms with Crippen LogP contribution in [0.1, 0.15) is 49.1 Å². The van der Waals surface area contributed by atoms with Crippen molar-refractivity contribution in [3.05, 3.63) is 16.1 Å². The zero-order valence-corrected chi connectivity index (χ0v) is 18.3. The molecule has 4 rings (SSSR count). The summed E-state index contributed by atoms with van der Waals surface area (Å²) in [6.07, 6.45) is 1.48. The van der Waals surface area contributed by atoms with Crippen LogP contribution in [-0.4, -0.2) is 75.8 Å². The monoisotopic (exact) mass is 463 g/mol. The number of amides is 1. The first kappa shape index (κ1) is 23.9. The van der Waals surface area contributed by atoms with Gasteiger partial charge in [0.25, 0.3) is 0 Å². The highest BCUT2D eigenvalue weighted by atomic mass is 32.1. The maximum Gasteiger partial charge on any atom is 0.490 e. The minimum atomic E-state index is -5.08. The van der Waals surface area contributed by atoms with Crippen molar-refractivity contribution in [1.29, 1.82) is 0 Å². The Bertz CT molecular complexity index is 788. The first-order valence-corrected chi connectivity index (χ1v) is 11.3. The number of rotatable bonds is 4. The van der Waals surface area contributed by atoms with Gasteiger partial charge in [0.2, 0.25) is 5.91 Å². The van der Waals surface area contributed by atoms with E-state index in [1.54, 1.807) is 11.3 Å².